The van der Waals surface area contributed by atoms with E-state index in [0.717, 1.165) is 36.3 Å². The van der Waals surface area contributed by atoms with Gasteiger partial charge in [-0.3, -0.25) is 4.79 Å². The molecule has 4 heteroatoms. The quantitative estimate of drug-likeness (QED) is 0.701. The van der Waals surface area contributed by atoms with Crippen molar-refractivity contribution in [3.63, 3.8) is 0 Å². The van der Waals surface area contributed by atoms with Crippen LogP contribution in [0.4, 0.5) is 0 Å². The molecule has 4 saturated carbocycles. The van der Waals surface area contributed by atoms with E-state index in [1.807, 2.05) is 24.3 Å². The lowest BCUT2D eigenvalue weighted by atomic mass is 9.49. The molecule has 0 radical (unpaired) electrons. The van der Waals surface area contributed by atoms with Crippen LogP contribution in [0, 0.1) is 23.2 Å². The summed E-state index contributed by atoms with van der Waals surface area (Å²) < 4.78 is 11.1. The summed E-state index contributed by atoms with van der Waals surface area (Å²) in [6, 6.07) is 5.78. The molecule has 0 aliphatic heterocycles. The van der Waals surface area contributed by atoms with Crippen LogP contribution in [0.1, 0.15) is 44.1 Å². The van der Waals surface area contributed by atoms with Crippen molar-refractivity contribution in [2.75, 3.05) is 20.3 Å². The third-order valence-corrected chi connectivity index (χ3v) is 6.79. The van der Waals surface area contributed by atoms with Crippen molar-refractivity contribution in [3.8, 4) is 11.5 Å². The Labute approximate surface area is 162 Å². The number of nitrogens with one attached hydrogen (secondary N) is 1. The number of carbonyl (C=O) groups is 1. The number of methoxy groups -OCH3 is 1. The van der Waals surface area contributed by atoms with Gasteiger partial charge in [-0.1, -0.05) is 12.1 Å². The van der Waals surface area contributed by atoms with Gasteiger partial charge in [-0.2, -0.15) is 0 Å². The fourth-order valence-corrected chi connectivity index (χ4v) is 6.11. The third kappa shape index (κ3) is 3.99. The van der Waals surface area contributed by atoms with Crippen LogP contribution < -0.4 is 14.8 Å². The van der Waals surface area contributed by atoms with E-state index in [2.05, 4.69) is 11.9 Å². The molecule has 0 saturated heterocycles. The minimum absolute atomic E-state index is 0.0313. The highest BCUT2D eigenvalue weighted by Gasteiger charge is 2.50. The van der Waals surface area contributed by atoms with E-state index in [4.69, 9.17) is 9.47 Å². The van der Waals surface area contributed by atoms with Crippen LogP contribution in [-0.4, -0.2) is 26.2 Å². The number of allylic oxidation sites excluding steroid dienone is 1. The fraction of sp³-hybridized carbons (Fsp3) is 0.609. The van der Waals surface area contributed by atoms with Gasteiger partial charge in [0.1, 0.15) is 0 Å². The predicted molar refractivity (Wildman–Crippen MR) is 106 cm³/mol. The molecule has 4 aliphatic carbocycles. The number of carbonyl (C=O) groups excluding carboxylic acids is 1. The molecule has 4 aliphatic rings. The van der Waals surface area contributed by atoms with Gasteiger partial charge in [-0.25, -0.2) is 0 Å². The van der Waals surface area contributed by atoms with E-state index in [9.17, 15) is 4.79 Å². The first kappa shape index (κ1) is 18.4. The lowest BCUT2D eigenvalue weighted by molar-refractivity contribution is -0.125. The Hall–Kier alpha value is -1.97. The molecular formula is C23H31NO3. The van der Waals surface area contributed by atoms with Crippen molar-refractivity contribution in [3.05, 3.63) is 36.4 Å². The van der Waals surface area contributed by atoms with E-state index in [0.29, 0.717) is 16.9 Å². The summed E-state index contributed by atoms with van der Waals surface area (Å²) in [6.45, 7) is 4.60. The summed E-state index contributed by atoms with van der Waals surface area (Å²) in [5.41, 5.74) is 1.47. The molecule has 1 N–H and O–H groups in total. The second-order valence-corrected chi connectivity index (χ2v) is 8.96. The van der Waals surface area contributed by atoms with Crippen LogP contribution in [0.5, 0.6) is 11.5 Å². The number of rotatable bonds is 8. The molecule has 0 spiro atoms. The molecule has 0 atom stereocenters. The van der Waals surface area contributed by atoms with Gasteiger partial charge < -0.3 is 14.8 Å². The van der Waals surface area contributed by atoms with Gasteiger partial charge in [0.05, 0.1) is 7.11 Å². The molecule has 4 nitrogen and oxygen atoms in total. The molecular weight excluding hydrogens is 338 g/mol. The number of ether oxygens (including phenoxy) is 2. The molecule has 1 amide bonds. The van der Waals surface area contributed by atoms with Crippen molar-refractivity contribution >= 4 is 5.91 Å². The van der Waals surface area contributed by atoms with Gasteiger partial charge in [0.2, 0.25) is 0 Å². The summed E-state index contributed by atoms with van der Waals surface area (Å²) in [7, 11) is 1.62. The molecule has 0 heterocycles. The SMILES string of the molecule is C=CCc1ccc(OCC(=O)NCC23CC4CC(CC(C4)C2)C3)c(OC)c1. The molecule has 27 heavy (non-hydrogen) atoms. The standard InChI is InChI=1S/C23H31NO3/c1-3-4-16-5-6-20(21(10-16)26-2)27-14-22(25)24-15-23-11-17-7-18(12-23)9-19(8-17)13-23/h3,5-6,10,17-19H,1,4,7-9,11-15H2,2H3,(H,24,25). The molecule has 0 aromatic heterocycles. The molecule has 146 valence electrons. The van der Waals surface area contributed by atoms with Crippen LogP contribution in [0.2, 0.25) is 0 Å². The van der Waals surface area contributed by atoms with Gasteiger partial charge in [0.25, 0.3) is 5.91 Å². The van der Waals surface area contributed by atoms with Gasteiger partial charge >= 0.3 is 0 Å². The predicted octanol–water partition coefficient (Wildman–Crippen LogP) is 4.14. The van der Waals surface area contributed by atoms with E-state index in [1.165, 1.54) is 38.5 Å². The highest BCUT2D eigenvalue weighted by atomic mass is 16.5. The van der Waals surface area contributed by atoms with E-state index in [1.54, 1.807) is 7.11 Å². The Bertz CT molecular complexity index is 676. The topological polar surface area (TPSA) is 47.6 Å². The van der Waals surface area contributed by atoms with Crippen LogP contribution in [0.3, 0.4) is 0 Å². The molecule has 4 fully saturated rings. The van der Waals surface area contributed by atoms with Crippen LogP contribution >= 0.6 is 0 Å². The van der Waals surface area contributed by atoms with Gasteiger partial charge in [-0.15, -0.1) is 6.58 Å². The van der Waals surface area contributed by atoms with Crippen molar-refractivity contribution in [2.45, 2.75) is 44.9 Å². The minimum Gasteiger partial charge on any atom is -0.493 e. The average Bonchev–Trinajstić information content (AvgIpc) is 2.64. The Morgan fingerprint density at radius 3 is 2.44 bits per heavy atom. The Morgan fingerprint density at radius 2 is 1.85 bits per heavy atom. The number of hydrogen-bond donors (Lipinski definition) is 1. The zero-order chi connectivity index (χ0) is 18.9. The Balaban J connectivity index is 1.30. The summed E-state index contributed by atoms with van der Waals surface area (Å²) in [5, 5.41) is 3.16. The first-order chi connectivity index (χ1) is 13.1. The lowest BCUT2D eigenvalue weighted by Crippen LogP contribution is -2.51. The maximum atomic E-state index is 12.4. The van der Waals surface area contributed by atoms with Crippen molar-refractivity contribution in [2.24, 2.45) is 23.2 Å². The number of hydrogen-bond acceptors (Lipinski definition) is 3. The van der Waals surface area contributed by atoms with Crippen LogP contribution in [0.15, 0.2) is 30.9 Å². The van der Waals surface area contributed by atoms with Gasteiger partial charge in [-0.05, 0) is 85.8 Å². The number of amides is 1. The van der Waals surface area contributed by atoms with Crippen LogP contribution in [0.25, 0.3) is 0 Å². The maximum Gasteiger partial charge on any atom is 0.257 e. The zero-order valence-corrected chi connectivity index (χ0v) is 16.3. The van der Waals surface area contributed by atoms with Crippen LogP contribution in [-0.2, 0) is 11.2 Å². The van der Waals surface area contributed by atoms with Gasteiger partial charge in [0, 0.05) is 6.54 Å². The highest BCUT2D eigenvalue weighted by molar-refractivity contribution is 5.77. The second kappa shape index (κ2) is 7.57. The van der Waals surface area contributed by atoms with Gasteiger partial charge in [0.15, 0.2) is 18.1 Å². The third-order valence-electron chi connectivity index (χ3n) is 6.79. The fourth-order valence-electron chi connectivity index (χ4n) is 6.11. The largest absolute Gasteiger partial charge is 0.493 e. The molecule has 5 rings (SSSR count). The molecule has 4 bridgehead atoms. The Kier molecular flexibility index (Phi) is 5.16. The smallest absolute Gasteiger partial charge is 0.257 e. The summed E-state index contributed by atoms with van der Waals surface area (Å²) in [5.74, 6) is 3.94. The normalized spacial score (nSPS) is 30.8. The minimum atomic E-state index is -0.0389. The monoisotopic (exact) mass is 369 g/mol. The summed E-state index contributed by atoms with van der Waals surface area (Å²) in [6.07, 6.45) is 10.8. The zero-order valence-electron chi connectivity index (χ0n) is 16.3. The maximum absolute atomic E-state index is 12.4. The molecule has 0 unspecified atom stereocenters. The van der Waals surface area contributed by atoms with Crippen molar-refractivity contribution in [1.29, 1.82) is 0 Å². The van der Waals surface area contributed by atoms with E-state index >= 15 is 0 Å². The highest BCUT2D eigenvalue weighted by Crippen LogP contribution is 2.59. The molecule has 1 aromatic carbocycles. The van der Waals surface area contributed by atoms with Crippen molar-refractivity contribution < 1.29 is 14.3 Å². The summed E-state index contributed by atoms with van der Waals surface area (Å²) >= 11 is 0. The average molecular weight is 370 g/mol. The van der Waals surface area contributed by atoms with E-state index in [-0.39, 0.29) is 12.5 Å². The second-order valence-electron chi connectivity index (χ2n) is 8.96. The first-order valence-electron chi connectivity index (χ1n) is 10.3. The lowest BCUT2D eigenvalue weighted by Gasteiger charge is -2.56. The van der Waals surface area contributed by atoms with E-state index < -0.39 is 0 Å². The molecule has 1 aromatic rings. The first-order valence-corrected chi connectivity index (χ1v) is 10.3. The van der Waals surface area contributed by atoms with Crippen molar-refractivity contribution in [1.82, 2.24) is 5.32 Å². The Morgan fingerprint density at radius 1 is 1.19 bits per heavy atom. The summed E-state index contributed by atoms with van der Waals surface area (Å²) in [4.78, 5) is 12.4. The number of benzene rings is 1.